The highest BCUT2D eigenvalue weighted by atomic mass is 35.5. The largest absolute Gasteiger partial charge is 0.494 e. The predicted octanol–water partition coefficient (Wildman–Crippen LogP) is 3.65. The molecule has 0 aliphatic heterocycles. The minimum absolute atomic E-state index is 0. The molecule has 9 nitrogen and oxygen atoms in total. The average Bonchev–Trinajstić information content (AvgIpc) is 2.89. The number of pyridine rings is 1. The molecule has 0 spiro atoms. The molecule has 1 fully saturated rings. The molecule has 1 saturated carbocycles. The van der Waals surface area contributed by atoms with Gasteiger partial charge in [0.15, 0.2) is 0 Å². The summed E-state index contributed by atoms with van der Waals surface area (Å²) in [4.78, 5) is 15.2. The second-order valence-corrected chi connectivity index (χ2v) is 10.8. The quantitative estimate of drug-likeness (QED) is 0.274. The lowest BCUT2D eigenvalue weighted by molar-refractivity contribution is -0.135. The van der Waals surface area contributed by atoms with Crippen molar-refractivity contribution >= 4 is 28.2 Å². The van der Waals surface area contributed by atoms with Crippen molar-refractivity contribution < 1.29 is 27.9 Å². The molecule has 1 aliphatic rings. The number of nitrogens with one attached hydrogen (secondary N) is 2. The molecule has 0 saturated heterocycles. The third kappa shape index (κ3) is 6.54. The summed E-state index contributed by atoms with van der Waals surface area (Å²) in [6.07, 6.45) is 6.26. The lowest BCUT2D eigenvalue weighted by Crippen LogP contribution is -2.66. The van der Waals surface area contributed by atoms with Gasteiger partial charge in [0.05, 0.1) is 17.6 Å². The molecule has 1 aromatic carbocycles. The highest BCUT2D eigenvalue weighted by Gasteiger charge is 2.57. The molecule has 36 heavy (non-hydrogen) atoms. The molecule has 3 rings (SSSR count). The summed E-state index contributed by atoms with van der Waals surface area (Å²) in [5.41, 5.74) is 2.40. The minimum atomic E-state index is -4.31. The van der Waals surface area contributed by atoms with Crippen LogP contribution in [-0.4, -0.2) is 48.7 Å². The zero-order valence-electron chi connectivity index (χ0n) is 20.7. The Kier molecular flexibility index (Phi) is 11.6. The van der Waals surface area contributed by atoms with Crippen LogP contribution >= 0.6 is 12.4 Å². The standard InChI is InChI=1S/C25H35N3O6S.ClH/c1-3-17-34-22-7-5-20(6-8-22)25(24(29)28-30,27-18-19-13-15-26-16-14-19)35(31,32)23-11-9-21(10-12-23)33-4-2;/h9-16,20,22,27,30H,3-8,17-18H2,1-2H3,(H,28,29);1H/t20?,22?,25-;/m1./s1. The van der Waals surface area contributed by atoms with E-state index >= 15 is 0 Å². The van der Waals surface area contributed by atoms with E-state index in [4.69, 9.17) is 9.47 Å². The van der Waals surface area contributed by atoms with Crippen molar-refractivity contribution in [3.05, 3.63) is 54.4 Å². The van der Waals surface area contributed by atoms with E-state index < -0.39 is 26.5 Å². The fraction of sp³-hybridized carbons (Fsp3) is 0.520. The summed E-state index contributed by atoms with van der Waals surface area (Å²) in [5, 5.41) is 12.8. The van der Waals surface area contributed by atoms with Crippen molar-refractivity contribution in [3.8, 4) is 5.75 Å². The number of sulfone groups is 1. The Morgan fingerprint density at radius 3 is 2.28 bits per heavy atom. The van der Waals surface area contributed by atoms with Gasteiger partial charge in [0.1, 0.15) is 5.75 Å². The van der Waals surface area contributed by atoms with E-state index in [0.717, 1.165) is 12.0 Å². The number of halogens is 1. The molecule has 1 aliphatic carbocycles. The molecule has 1 aromatic heterocycles. The first-order chi connectivity index (χ1) is 16.9. The van der Waals surface area contributed by atoms with Crippen LogP contribution in [0.4, 0.5) is 0 Å². The molecule has 11 heteroatoms. The molecule has 2 aromatic rings. The Hall–Kier alpha value is -2.24. The molecular formula is C25H36ClN3O6S. The van der Waals surface area contributed by atoms with Crippen molar-refractivity contribution in [2.75, 3.05) is 13.2 Å². The second kappa shape index (κ2) is 13.9. The number of hydrogen-bond donors (Lipinski definition) is 3. The van der Waals surface area contributed by atoms with Crippen molar-refractivity contribution in [1.29, 1.82) is 0 Å². The molecule has 0 bridgehead atoms. The number of amides is 1. The molecule has 0 unspecified atom stereocenters. The minimum Gasteiger partial charge on any atom is -0.494 e. The fourth-order valence-electron chi connectivity index (χ4n) is 4.65. The van der Waals surface area contributed by atoms with E-state index in [0.29, 0.717) is 44.6 Å². The van der Waals surface area contributed by atoms with Gasteiger partial charge in [-0.3, -0.25) is 20.3 Å². The van der Waals surface area contributed by atoms with Crippen molar-refractivity contribution in [2.24, 2.45) is 5.92 Å². The van der Waals surface area contributed by atoms with Crippen LogP contribution in [0.3, 0.4) is 0 Å². The monoisotopic (exact) mass is 541 g/mol. The van der Waals surface area contributed by atoms with Gasteiger partial charge in [-0.2, -0.15) is 0 Å². The summed E-state index contributed by atoms with van der Waals surface area (Å²) < 4.78 is 39.7. The van der Waals surface area contributed by atoms with E-state index in [9.17, 15) is 18.4 Å². The van der Waals surface area contributed by atoms with Gasteiger partial charge in [0, 0.05) is 31.5 Å². The van der Waals surface area contributed by atoms with Gasteiger partial charge in [-0.25, -0.2) is 13.9 Å². The maximum absolute atomic E-state index is 14.2. The van der Waals surface area contributed by atoms with Crippen molar-refractivity contribution in [1.82, 2.24) is 15.8 Å². The molecule has 0 radical (unpaired) electrons. The highest BCUT2D eigenvalue weighted by Crippen LogP contribution is 2.41. The number of rotatable bonds is 12. The summed E-state index contributed by atoms with van der Waals surface area (Å²) in [7, 11) is -4.31. The summed E-state index contributed by atoms with van der Waals surface area (Å²) in [6, 6.07) is 9.49. The van der Waals surface area contributed by atoms with E-state index in [2.05, 4.69) is 10.3 Å². The van der Waals surface area contributed by atoms with Gasteiger partial charge in [0.25, 0.3) is 5.91 Å². The van der Waals surface area contributed by atoms with Crippen molar-refractivity contribution in [2.45, 2.75) is 68.4 Å². The third-order valence-corrected chi connectivity index (χ3v) is 8.82. The van der Waals surface area contributed by atoms with Gasteiger partial charge < -0.3 is 9.47 Å². The number of ether oxygens (including phenoxy) is 2. The Morgan fingerprint density at radius 1 is 1.08 bits per heavy atom. The zero-order valence-corrected chi connectivity index (χ0v) is 22.3. The first kappa shape index (κ1) is 30.0. The Labute approximate surface area is 219 Å². The number of carbonyl (C=O) groups is 1. The van der Waals surface area contributed by atoms with Crippen LogP contribution in [0.25, 0.3) is 0 Å². The van der Waals surface area contributed by atoms with E-state index in [1.165, 1.54) is 12.1 Å². The SMILES string of the molecule is CCCOC1CCC([C@](NCc2ccncc2)(C(=O)NO)S(=O)(=O)c2ccc(OCC)cc2)CC1.Cl. The van der Waals surface area contributed by atoms with Gasteiger partial charge >= 0.3 is 0 Å². The van der Waals surface area contributed by atoms with Crippen LogP contribution in [0, 0.1) is 5.92 Å². The third-order valence-electron chi connectivity index (χ3n) is 6.42. The maximum Gasteiger partial charge on any atom is 0.280 e. The number of nitrogens with zero attached hydrogens (tertiary/aromatic N) is 1. The number of aromatic nitrogens is 1. The molecule has 1 heterocycles. The van der Waals surface area contributed by atoms with Crippen LogP contribution in [-0.2, 0) is 25.9 Å². The molecule has 3 N–H and O–H groups in total. The normalized spacial score (nSPS) is 19.5. The molecule has 1 atom stereocenters. The van der Waals surface area contributed by atoms with E-state index in [1.54, 1.807) is 42.1 Å². The molecule has 200 valence electrons. The van der Waals surface area contributed by atoms with Crippen molar-refractivity contribution in [3.63, 3.8) is 0 Å². The predicted molar refractivity (Wildman–Crippen MR) is 138 cm³/mol. The van der Waals surface area contributed by atoms with Gasteiger partial charge in [-0.1, -0.05) is 6.92 Å². The molecule has 1 amide bonds. The fourth-order valence-corrected chi connectivity index (χ4v) is 6.74. The first-order valence-electron chi connectivity index (χ1n) is 12.1. The first-order valence-corrected chi connectivity index (χ1v) is 13.5. The highest BCUT2D eigenvalue weighted by molar-refractivity contribution is 7.93. The zero-order chi connectivity index (χ0) is 25.3. The van der Waals surface area contributed by atoms with E-state index in [1.807, 2.05) is 13.8 Å². The van der Waals surface area contributed by atoms with Crippen LogP contribution < -0.4 is 15.5 Å². The Balaban J connectivity index is 0.00000456. The van der Waals surface area contributed by atoms with Crippen LogP contribution in [0.1, 0.15) is 51.5 Å². The van der Waals surface area contributed by atoms with E-state index in [-0.39, 0.29) is 30.0 Å². The number of hydrogen-bond acceptors (Lipinski definition) is 8. The van der Waals surface area contributed by atoms with Gasteiger partial charge in [-0.05, 0) is 81.0 Å². The lowest BCUT2D eigenvalue weighted by Gasteiger charge is -2.42. The molecular weight excluding hydrogens is 506 g/mol. The van der Waals surface area contributed by atoms with Crippen LogP contribution in [0.2, 0.25) is 0 Å². The number of carbonyl (C=O) groups excluding carboxylic acids is 1. The summed E-state index contributed by atoms with van der Waals surface area (Å²) in [6.45, 7) is 5.06. The van der Waals surface area contributed by atoms with Gasteiger partial charge in [0.2, 0.25) is 14.7 Å². The number of hydroxylamine groups is 1. The summed E-state index contributed by atoms with van der Waals surface area (Å²) >= 11 is 0. The number of benzene rings is 1. The smallest absolute Gasteiger partial charge is 0.280 e. The topological polar surface area (TPSA) is 127 Å². The second-order valence-electron chi connectivity index (χ2n) is 8.64. The Morgan fingerprint density at radius 2 is 1.72 bits per heavy atom. The average molecular weight is 542 g/mol. The van der Waals surface area contributed by atoms with Crippen LogP contribution in [0.15, 0.2) is 53.7 Å². The van der Waals surface area contributed by atoms with Gasteiger partial charge in [-0.15, -0.1) is 12.4 Å². The Bertz CT molecular complexity index is 1050. The summed E-state index contributed by atoms with van der Waals surface area (Å²) in [5.74, 6) is -1.06. The maximum atomic E-state index is 14.2. The lowest BCUT2D eigenvalue weighted by atomic mass is 9.81. The van der Waals surface area contributed by atoms with Crippen LogP contribution in [0.5, 0.6) is 5.75 Å².